The first-order valence-corrected chi connectivity index (χ1v) is 8.19. The lowest BCUT2D eigenvalue weighted by Gasteiger charge is -2.25. The maximum absolute atomic E-state index is 12.8. The molecular weight excluding hydrogens is 314 g/mol. The maximum atomic E-state index is 12.8. The van der Waals surface area contributed by atoms with Gasteiger partial charge in [-0.15, -0.1) is 11.3 Å². The molecule has 3 rings (SSSR count). The van der Waals surface area contributed by atoms with Crippen molar-refractivity contribution in [2.45, 2.75) is 25.9 Å². The summed E-state index contributed by atoms with van der Waals surface area (Å²) in [4.78, 5) is 27.1. The Hall–Kier alpha value is -2.41. The number of carbonyl (C=O) groups excluding carboxylic acids is 2. The second-order valence-corrected chi connectivity index (χ2v) is 6.32. The molecule has 0 aromatic carbocycles. The minimum absolute atomic E-state index is 0.0719. The minimum atomic E-state index is -0.158. The summed E-state index contributed by atoms with van der Waals surface area (Å²) in [6.07, 6.45) is 2.28. The zero-order valence-corrected chi connectivity index (χ0v) is 13.6. The van der Waals surface area contributed by atoms with Gasteiger partial charge in [-0.05, 0) is 23.6 Å². The van der Waals surface area contributed by atoms with E-state index in [1.807, 2.05) is 23.6 Å². The predicted molar refractivity (Wildman–Crippen MR) is 86.7 cm³/mol. The van der Waals surface area contributed by atoms with Crippen LogP contribution in [0.25, 0.3) is 0 Å². The van der Waals surface area contributed by atoms with Crippen molar-refractivity contribution >= 4 is 28.9 Å². The average molecular weight is 331 g/mol. The van der Waals surface area contributed by atoms with E-state index in [1.165, 1.54) is 5.01 Å². The Morgan fingerprint density at radius 2 is 2.22 bits per heavy atom. The zero-order valence-electron chi connectivity index (χ0n) is 12.8. The van der Waals surface area contributed by atoms with Crippen LogP contribution in [0.1, 0.15) is 23.5 Å². The van der Waals surface area contributed by atoms with Gasteiger partial charge < -0.3 is 9.32 Å². The molecule has 0 N–H and O–H groups in total. The standard InChI is InChI=1S/C16H17N3O3S/c1-18-15(20)7-6-14(17-18)16(21)19(10-12-4-2-8-22-12)11-13-5-3-9-23-13/h2-5,8-9H,6-7,10-11H2,1H3. The summed E-state index contributed by atoms with van der Waals surface area (Å²) < 4.78 is 5.36. The SMILES string of the molecule is CN1N=C(C(=O)N(Cc2ccco2)Cc2cccs2)CCC1=O. The molecule has 6 nitrogen and oxygen atoms in total. The van der Waals surface area contributed by atoms with Crippen LogP contribution in [0, 0.1) is 0 Å². The number of furan rings is 1. The van der Waals surface area contributed by atoms with Gasteiger partial charge in [0.25, 0.3) is 5.91 Å². The Labute approximate surface area is 138 Å². The van der Waals surface area contributed by atoms with E-state index in [0.29, 0.717) is 31.6 Å². The largest absolute Gasteiger partial charge is 0.467 e. The van der Waals surface area contributed by atoms with Crippen LogP contribution in [0.4, 0.5) is 0 Å². The second-order valence-electron chi connectivity index (χ2n) is 5.28. The summed E-state index contributed by atoms with van der Waals surface area (Å²) in [5.41, 5.74) is 0.412. The fourth-order valence-electron chi connectivity index (χ4n) is 2.39. The first-order chi connectivity index (χ1) is 11.1. The molecule has 2 amide bonds. The highest BCUT2D eigenvalue weighted by atomic mass is 32.1. The molecule has 0 saturated carbocycles. The van der Waals surface area contributed by atoms with Crippen molar-refractivity contribution in [2.24, 2.45) is 5.10 Å². The molecule has 3 heterocycles. The Kier molecular flexibility index (Phi) is 4.57. The lowest BCUT2D eigenvalue weighted by molar-refractivity contribution is -0.131. The van der Waals surface area contributed by atoms with E-state index in [4.69, 9.17) is 4.42 Å². The van der Waals surface area contributed by atoms with Crippen LogP contribution >= 0.6 is 11.3 Å². The lowest BCUT2D eigenvalue weighted by Crippen LogP contribution is -2.39. The Bertz CT molecular complexity index is 671. The third kappa shape index (κ3) is 3.68. The van der Waals surface area contributed by atoms with Gasteiger partial charge in [-0.25, -0.2) is 5.01 Å². The van der Waals surface area contributed by atoms with Crippen molar-refractivity contribution in [3.8, 4) is 0 Å². The summed E-state index contributed by atoms with van der Waals surface area (Å²) in [5.74, 6) is 0.488. The number of amides is 2. The smallest absolute Gasteiger partial charge is 0.270 e. The van der Waals surface area contributed by atoms with Gasteiger partial charge in [0.1, 0.15) is 11.5 Å². The zero-order chi connectivity index (χ0) is 16.2. The molecule has 1 aliphatic heterocycles. The summed E-state index contributed by atoms with van der Waals surface area (Å²) in [6, 6.07) is 7.59. The highest BCUT2D eigenvalue weighted by molar-refractivity contribution is 7.09. The molecule has 0 radical (unpaired) electrons. The summed E-state index contributed by atoms with van der Waals surface area (Å²) in [5, 5.41) is 7.35. The van der Waals surface area contributed by atoms with E-state index < -0.39 is 0 Å². The first-order valence-electron chi connectivity index (χ1n) is 7.31. The topological polar surface area (TPSA) is 66.1 Å². The summed E-state index contributed by atoms with van der Waals surface area (Å²) >= 11 is 1.60. The fourth-order valence-corrected chi connectivity index (χ4v) is 3.11. The summed E-state index contributed by atoms with van der Waals surface area (Å²) in [6.45, 7) is 0.869. The highest BCUT2D eigenvalue weighted by Gasteiger charge is 2.26. The third-order valence-corrected chi connectivity index (χ3v) is 4.46. The summed E-state index contributed by atoms with van der Waals surface area (Å²) in [7, 11) is 1.57. The molecule has 0 bridgehead atoms. The molecule has 7 heteroatoms. The van der Waals surface area contributed by atoms with Gasteiger partial charge in [0.05, 0.1) is 19.4 Å². The van der Waals surface area contributed by atoms with Gasteiger partial charge in [0.2, 0.25) is 5.91 Å². The molecule has 0 aliphatic carbocycles. The first kappa shape index (κ1) is 15.5. The van der Waals surface area contributed by atoms with Gasteiger partial charge in [0.15, 0.2) is 0 Å². The van der Waals surface area contributed by atoms with E-state index in [0.717, 1.165) is 10.6 Å². The molecule has 0 unspecified atom stereocenters. The molecule has 0 atom stereocenters. The third-order valence-electron chi connectivity index (χ3n) is 3.59. The van der Waals surface area contributed by atoms with E-state index in [1.54, 1.807) is 35.6 Å². The maximum Gasteiger partial charge on any atom is 0.270 e. The number of hydrogen-bond donors (Lipinski definition) is 0. The van der Waals surface area contributed by atoms with Crippen LogP contribution in [0.3, 0.4) is 0 Å². The number of carbonyl (C=O) groups is 2. The molecule has 1 aliphatic rings. The number of nitrogens with zero attached hydrogens (tertiary/aromatic N) is 3. The van der Waals surface area contributed by atoms with Crippen molar-refractivity contribution in [3.05, 3.63) is 46.5 Å². The molecule has 0 spiro atoms. The van der Waals surface area contributed by atoms with E-state index in [9.17, 15) is 9.59 Å². The highest BCUT2D eigenvalue weighted by Crippen LogP contribution is 2.17. The minimum Gasteiger partial charge on any atom is -0.467 e. The van der Waals surface area contributed by atoms with Gasteiger partial charge in [0, 0.05) is 24.8 Å². The Balaban J connectivity index is 1.80. The molecule has 23 heavy (non-hydrogen) atoms. The molecular formula is C16H17N3O3S. The van der Waals surface area contributed by atoms with Crippen molar-refractivity contribution < 1.29 is 14.0 Å². The second kappa shape index (κ2) is 6.78. The van der Waals surface area contributed by atoms with Crippen molar-refractivity contribution in [1.82, 2.24) is 9.91 Å². The average Bonchev–Trinajstić information content (AvgIpc) is 3.22. The molecule has 2 aromatic heterocycles. The monoisotopic (exact) mass is 331 g/mol. The van der Waals surface area contributed by atoms with E-state index >= 15 is 0 Å². The van der Waals surface area contributed by atoms with E-state index in [-0.39, 0.29) is 11.8 Å². The van der Waals surface area contributed by atoms with Gasteiger partial charge >= 0.3 is 0 Å². The van der Waals surface area contributed by atoms with E-state index in [2.05, 4.69) is 5.10 Å². The van der Waals surface area contributed by atoms with Gasteiger partial charge in [-0.3, -0.25) is 9.59 Å². The molecule has 120 valence electrons. The van der Waals surface area contributed by atoms with Crippen LogP contribution in [-0.2, 0) is 22.7 Å². The van der Waals surface area contributed by atoms with Crippen LogP contribution in [-0.4, -0.2) is 34.5 Å². The van der Waals surface area contributed by atoms with Crippen LogP contribution in [0.15, 0.2) is 45.4 Å². The van der Waals surface area contributed by atoms with Crippen LogP contribution in [0.5, 0.6) is 0 Å². The van der Waals surface area contributed by atoms with Crippen LogP contribution < -0.4 is 0 Å². The van der Waals surface area contributed by atoms with Crippen LogP contribution in [0.2, 0.25) is 0 Å². The number of rotatable bonds is 5. The molecule has 0 saturated heterocycles. The number of thiophene rings is 1. The normalized spacial score (nSPS) is 14.7. The number of hydrogen-bond acceptors (Lipinski definition) is 5. The number of hydrazone groups is 1. The van der Waals surface area contributed by atoms with Crippen molar-refractivity contribution in [3.63, 3.8) is 0 Å². The predicted octanol–water partition coefficient (Wildman–Crippen LogP) is 2.48. The Morgan fingerprint density at radius 3 is 2.87 bits per heavy atom. The quantitative estimate of drug-likeness (QED) is 0.845. The fraction of sp³-hybridized carbons (Fsp3) is 0.312. The van der Waals surface area contributed by atoms with Crippen molar-refractivity contribution in [2.75, 3.05) is 7.05 Å². The van der Waals surface area contributed by atoms with Gasteiger partial charge in [-0.1, -0.05) is 6.07 Å². The molecule has 2 aromatic rings. The lowest BCUT2D eigenvalue weighted by atomic mass is 10.1. The van der Waals surface area contributed by atoms with Crippen molar-refractivity contribution in [1.29, 1.82) is 0 Å². The molecule has 0 fully saturated rings. The Morgan fingerprint density at radius 1 is 1.35 bits per heavy atom. The van der Waals surface area contributed by atoms with Gasteiger partial charge in [-0.2, -0.15) is 5.10 Å².